The Morgan fingerprint density at radius 1 is 1.02 bits per heavy atom. The Morgan fingerprint density at radius 3 is 2.02 bits per heavy atom. The Balaban J connectivity index is 0.000000794. The number of carbonyl (C=O) groups is 2. The first kappa shape index (κ1) is 49.0. The van der Waals surface area contributed by atoms with E-state index in [1.165, 1.54) is 0 Å². The number of carboxylic acids is 2. The molecular formula is C29H39Cl2F3N7O10PS. The fraction of sp³-hybridized carbons (Fsp3) is 0.414. The molecule has 0 amide bonds. The molecular weight excluding hydrogens is 797 g/mol. The number of alkyl halides is 3. The zero-order valence-corrected chi connectivity index (χ0v) is 32.5. The van der Waals surface area contributed by atoms with Crippen molar-refractivity contribution in [1.29, 1.82) is 0 Å². The highest BCUT2D eigenvalue weighted by molar-refractivity contribution is 7.94. The molecule has 1 aromatic heterocycles. The van der Waals surface area contributed by atoms with Gasteiger partial charge in [-0.3, -0.25) is 20.2 Å². The van der Waals surface area contributed by atoms with E-state index in [0.717, 1.165) is 36.9 Å². The first-order valence-corrected chi connectivity index (χ1v) is 19.6. The maximum atomic E-state index is 12.6. The minimum Gasteiger partial charge on any atom is -0.778 e. The molecule has 0 radical (unpaired) electrons. The summed E-state index contributed by atoms with van der Waals surface area (Å²) in [6.45, 7) is 8.31. The van der Waals surface area contributed by atoms with E-state index in [0.29, 0.717) is 28.9 Å². The Kier molecular flexibility index (Phi) is 20.6. The van der Waals surface area contributed by atoms with Gasteiger partial charge in [-0.25, -0.2) is 4.79 Å². The molecule has 0 aliphatic rings. The topological polar surface area (TPSA) is 262 Å². The number of aliphatic carboxylic acids is 1. The van der Waals surface area contributed by atoms with Gasteiger partial charge in [0, 0.05) is 24.2 Å². The van der Waals surface area contributed by atoms with Crippen LogP contribution in [0.2, 0.25) is 10.3 Å². The third-order valence-corrected chi connectivity index (χ3v) is 5.99. The second kappa shape index (κ2) is 22.3. The van der Waals surface area contributed by atoms with Crippen LogP contribution in [0, 0.1) is 10.1 Å². The van der Waals surface area contributed by atoms with Gasteiger partial charge in [0.05, 0.1) is 47.1 Å². The highest BCUT2D eigenvalue weighted by atomic mass is 35.5. The summed E-state index contributed by atoms with van der Waals surface area (Å²) in [6, 6.07) is 5.27. The Labute approximate surface area is 315 Å². The van der Waals surface area contributed by atoms with Crippen molar-refractivity contribution in [2.24, 2.45) is 0 Å². The van der Waals surface area contributed by atoms with Gasteiger partial charge in [0.1, 0.15) is 24.7 Å². The highest BCUT2D eigenvalue weighted by Gasteiger charge is 2.31. The van der Waals surface area contributed by atoms with Crippen molar-refractivity contribution in [2.45, 2.75) is 39.4 Å². The zero-order valence-electron chi connectivity index (χ0n) is 29.3. The Hall–Kier alpha value is -3.98. The van der Waals surface area contributed by atoms with Crippen LogP contribution in [0.3, 0.4) is 0 Å². The standard InChI is InChI=1S/C14H7ClF3NO5.C9H16ClN5.C3H8NO5P.C3H9S/c15-10-5-7(14(16,17)18)1-4-12(10)24-8-2-3-11(19(22)23)9(6-8)13(20)21;1-5-11-7-12-6(10)13-8(14-7)15-9(2,3)4;5-3(6)1-4-2-10(7,8)9;1-4(2)3/h1-6H,(H,20,21);5H2,1-4H3,(H2,11,12,13,14,15);4H,1-2H2,(H,5,6)(H2,7,8,9);1-3H3/q;;;+1/p-1. The summed E-state index contributed by atoms with van der Waals surface area (Å²) < 4.78 is 52.8. The van der Waals surface area contributed by atoms with E-state index in [2.05, 4.69) is 44.4 Å². The van der Waals surface area contributed by atoms with Crippen LogP contribution < -0.4 is 25.6 Å². The number of halogens is 5. The highest BCUT2D eigenvalue weighted by Crippen LogP contribution is 2.37. The predicted molar refractivity (Wildman–Crippen MR) is 194 cm³/mol. The van der Waals surface area contributed by atoms with Gasteiger partial charge < -0.3 is 39.9 Å². The Morgan fingerprint density at radius 2 is 1.58 bits per heavy atom. The largest absolute Gasteiger partial charge is 0.778 e. The lowest BCUT2D eigenvalue weighted by molar-refractivity contribution is -0.385. The summed E-state index contributed by atoms with van der Waals surface area (Å²) in [7, 11) is -3.71. The van der Waals surface area contributed by atoms with Crippen LogP contribution in [-0.2, 0) is 26.4 Å². The summed E-state index contributed by atoms with van der Waals surface area (Å²) in [6.07, 6.45) is 1.30. The smallest absolute Gasteiger partial charge is 0.416 e. The molecule has 0 aliphatic carbocycles. The van der Waals surface area contributed by atoms with Gasteiger partial charge >= 0.3 is 18.1 Å². The Bertz CT molecular complexity index is 1730. The summed E-state index contributed by atoms with van der Waals surface area (Å²) >= 11 is 11.5. The first-order valence-electron chi connectivity index (χ1n) is 14.6. The number of anilines is 2. The second-order valence-corrected chi connectivity index (χ2v) is 16.3. The number of aromatic carboxylic acids is 1. The molecule has 1 heterocycles. The second-order valence-electron chi connectivity index (χ2n) is 11.5. The molecule has 0 fully saturated rings. The molecule has 53 heavy (non-hydrogen) atoms. The van der Waals surface area contributed by atoms with Crippen molar-refractivity contribution >= 4 is 71.2 Å². The molecule has 0 bridgehead atoms. The number of aromatic nitrogens is 3. The first-order chi connectivity index (χ1) is 24.1. The molecule has 1 unspecified atom stereocenters. The number of benzene rings is 2. The van der Waals surface area contributed by atoms with Crippen LogP contribution >= 0.6 is 30.8 Å². The zero-order chi connectivity index (χ0) is 41.3. The number of rotatable bonds is 11. The molecule has 0 saturated carbocycles. The molecule has 3 aromatic rings. The van der Waals surface area contributed by atoms with Gasteiger partial charge in [-0.1, -0.05) is 11.6 Å². The van der Waals surface area contributed by atoms with Crippen molar-refractivity contribution < 1.29 is 57.0 Å². The van der Waals surface area contributed by atoms with Crippen LogP contribution in [-0.4, -0.2) is 90.6 Å². The summed E-state index contributed by atoms with van der Waals surface area (Å²) in [5.74, 6) is -2.03. The summed E-state index contributed by atoms with van der Waals surface area (Å²) in [5, 5.41) is 35.7. The molecule has 17 nitrogen and oxygen atoms in total. The van der Waals surface area contributed by atoms with Crippen LogP contribution in [0.15, 0.2) is 36.4 Å². The summed E-state index contributed by atoms with van der Waals surface area (Å²) in [5.41, 5.74) is -2.35. The maximum Gasteiger partial charge on any atom is 0.416 e. The minimum atomic E-state index is -4.58. The maximum absolute atomic E-state index is 12.6. The van der Waals surface area contributed by atoms with Crippen LogP contribution in [0.25, 0.3) is 0 Å². The number of nitrogens with zero attached hydrogens (tertiary/aromatic N) is 4. The van der Waals surface area contributed by atoms with E-state index in [-0.39, 0.29) is 27.3 Å². The van der Waals surface area contributed by atoms with Gasteiger partial charge in [-0.2, -0.15) is 28.1 Å². The predicted octanol–water partition coefficient (Wildman–Crippen LogP) is 5.58. The number of nitro groups is 1. The van der Waals surface area contributed by atoms with E-state index in [1.54, 1.807) is 0 Å². The van der Waals surface area contributed by atoms with Gasteiger partial charge in [0.25, 0.3) is 5.69 Å². The number of hydrogen-bond acceptors (Lipinski definition) is 13. The van der Waals surface area contributed by atoms with E-state index >= 15 is 0 Å². The molecule has 296 valence electrons. The molecule has 0 aliphatic heterocycles. The number of ether oxygens (including phenoxy) is 1. The molecule has 24 heteroatoms. The SMILES string of the molecule is CCNc1nc(Cl)nc(NC(C)(C)C)n1.C[S+](C)C.O=C(O)CNCP(=O)([O-])O.O=C(O)c1cc(Oc2ccc(C(F)(F)F)cc2Cl)ccc1[N+](=O)[O-]. The van der Waals surface area contributed by atoms with Crippen molar-refractivity contribution in [3.05, 3.63) is 67.9 Å². The van der Waals surface area contributed by atoms with Gasteiger partial charge in [0.2, 0.25) is 17.2 Å². The number of carboxylic acid groups (broad SMARTS) is 2. The van der Waals surface area contributed by atoms with Gasteiger partial charge in [-0.05, 0) is 74.5 Å². The van der Waals surface area contributed by atoms with Crippen molar-refractivity contribution in [1.82, 2.24) is 20.3 Å². The van der Waals surface area contributed by atoms with E-state index in [1.807, 2.05) is 33.0 Å². The van der Waals surface area contributed by atoms with E-state index in [4.69, 9.17) is 43.0 Å². The van der Waals surface area contributed by atoms with Crippen LogP contribution in [0.5, 0.6) is 11.5 Å². The van der Waals surface area contributed by atoms with E-state index in [9.17, 15) is 42.3 Å². The molecule has 0 spiro atoms. The van der Waals surface area contributed by atoms with Crippen molar-refractivity contribution in [3.63, 3.8) is 0 Å². The lowest BCUT2D eigenvalue weighted by Crippen LogP contribution is -2.27. The molecule has 2 aromatic carbocycles. The number of nitrogens with one attached hydrogen (secondary N) is 3. The van der Waals surface area contributed by atoms with E-state index < -0.39 is 60.3 Å². The fourth-order valence-corrected chi connectivity index (χ4v) is 3.85. The molecule has 1 atom stereocenters. The minimum absolute atomic E-state index is 0.103. The number of nitro benzene ring substituents is 1. The fourth-order valence-electron chi connectivity index (χ4n) is 3.08. The lowest BCUT2D eigenvalue weighted by atomic mass is 10.1. The lowest BCUT2D eigenvalue weighted by Gasteiger charge is -2.20. The normalized spacial score (nSPS) is 12.0. The third-order valence-electron chi connectivity index (χ3n) is 4.90. The van der Waals surface area contributed by atoms with Crippen molar-refractivity contribution in [2.75, 3.05) is 48.8 Å². The average molecular weight is 837 g/mol. The molecule has 6 N–H and O–H groups in total. The van der Waals surface area contributed by atoms with Crippen LogP contribution in [0.4, 0.5) is 30.8 Å². The van der Waals surface area contributed by atoms with Gasteiger partial charge in [-0.15, -0.1) is 0 Å². The summed E-state index contributed by atoms with van der Waals surface area (Å²) in [4.78, 5) is 60.8. The van der Waals surface area contributed by atoms with Crippen molar-refractivity contribution in [3.8, 4) is 11.5 Å². The monoisotopic (exact) mass is 835 g/mol. The molecule has 0 saturated heterocycles. The third kappa shape index (κ3) is 22.6. The molecule has 3 rings (SSSR count). The number of hydrogen-bond donors (Lipinski definition) is 6. The van der Waals surface area contributed by atoms with Gasteiger partial charge in [0.15, 0.2) is 0 Å². The van der Waals surface area contributed by atoms with Crippen LogP contribution in [0.1, 0.15) is 43.6 Å². The average Bonchev–Trinajstić information content (AvgIpc) is 2.96. The quantitative estimate of drug-likeness (QED) is 0.0596.